The molecule has 1 amide bonds. The molecule has 0 unspecified atom stereocenters. The number of hydrogen-bond acceptors (Lipinski definition) is 5. The van der Waals surface area contributed by atoms with Crippen LogP contribution in [0.2, 0.25) is 0 Å². The first-order valence-corrected chi connectivity index (χ1v) is 7.91. The summed E-state index contributed by atoms with van der Waals surface area (Å²) >= 11 is 1.34. The van der Waals surface area contributed by atoms with Gasteiger partial charge in [-0.3, -0.25) is 10.1 Å². The summed E-state index contributed by atoms with van der Waals surface area (Å²) in [6, 6.07) is 17.1. The average molecular weight is 325 g/mol. The third-order valence-electron chi connectivity index (χ3n) is 3.16. The highest BCUT2D eigenvalue weighted by Gasteiger charge is 2.11. The van der Waals surface area contributed by atoms with Gasteiger partial charge in [-0.2, -0.15) is 0 Å². The number of ether oxygens (including phenoxy) is 1. The van der Waals surface area contributed by atoms with Crippen molar-refractivity contribution in [2.75, 3.05) is 11.9 Å². The number of aromatic nitrogens is 2. The van der Waals surface area contributed by atoms with Crippen LogP contribution >= 0.6 is 11.3 Å². The number of carbonyl (C=O) groups is 1. The number of anilines is 1. The molecule has 1 N–H and O–H groups in total. The van der Waals surface area contributed by atoms with Crippen molar-refractivity contribution in [1.82, 2.24) is 10.2 Å². The average Bonchev–Trinajstić information content (AvgIpc) is 3.02. The van der Waals surface area contributed by atoms with Gasteiger partial charge in [-0.15, -0.1) is 10.2 Å². The first kappa shape index (κ1) is 15.2. The Hall–Kier alpha value is -2.73. The molecule has 2 aromatic carbocycles. The molecule has 0 aliphatic rings. The predicted octanol–water partition coefficient (Wildman–Crippen LogP) is 3.53. The van der Waals surface area contributed by atoms with E-state index in [0.29, 0.717) is 10.9 Å². The largest absolute Gasteiger partial charge is 0.484 e. The first-order chi connectivity index (χ1) is 11.2. The van der Waals surface area contributed by atoms with Crippen molar-refractivity contribution < 1.29 is 9.53 Å². The highest BCUT2D eigenvalue weighted by Crippen LogP contribution is 2.28. The van der Waals surface area contributed by atoms with Crippen LogP contribution < -0.4 is 10.1 Å². The number of nitrogens with one attached hydrogen (secondary N) is 1. The number of amides is 1. The van der Waals surface area contributed by atoms with Crippen LogP contribution in [-0.2, 0) is 4.79 Å². The molecule has 0 aliphatic carbocycles. The molecular formula is C17H15N3O2S. The first-order valence-electron chi connectivity index (χ1n) is 7.09. The molecule has 5 nitrogen and oxygen atoms in total. The second-order valence-electron chi connectivity index (χ2n) is 4.88. The van der Waals surface area contributed by atoms with E-state index in [9.17, 15) is 4.79 Å². The fourth-order valence-electron chi connectivity index (χ4n) is 2.02. The van der Waals surface area contributed by atoms with Crippen LogP contribution in [0.25, 0.3) is 10.6 Å². The second kappa shape index (κ2) is 7.02. The third kappa shape index (κ3) is 3.92. The van der Waals surface area contributed by atoms with E-state index < -0.39 is 0 Å². The monoisotopic (exact) mass is 325 g/mol. The normalized spacial score (nSPS) is 10.3. The van der Waals surface area contributed by atoms with Crippen LogP contribution in [0.15, 0.2) is 54.6 Å². The molecule has 6 heteroatoms. The van der Waals surface area contributed by atoms with Gasteiger partial charge in [-0.1, -0.05) is 53.8 Å². The van der Waals surface area contributed by atoms with Gasteiger partial charge < -0.3 is 4.74 Å². The third-order valence-corrected chi connectivity index (χ3v) is 4.03. The molecule has 0 atom stereocenters. The zero-order valence-corrected chi connectivity index (χ0v) is 13.3. The lowest BCUT2D eigenvalue weighted by Gasteiger charge is -2.04. The Bertz CT molecular complexity index is 802. The van der Waals surface area contributed by atoms with Crippen LogP contribution in [0.4, 0.5) is 5.13 Å². The van der Waals surface area contributed by atoms with Crippen LogP contribution in [0.3, 0.4) is 0 Å². The van der Waals surface area contributed by atoms with Gasteiger partial charge in [-0.05, 0) is 24.6 Å². The topological polar surface area (TPSA) is 64.1 Å². The molecule has 0 saturated heterocycles. The molecule has 116 valence electrons. The Morgan fingerprint density at radius 1 is 1.09 bits per heavy atom. The number of para-hydroxylation sites is 1. The number of hydrogen-bond donors (Lipinski definition) is 1. The number of nitrogens with zero attached hydrogens (tertiary/aromatic N) is 2. The molecule has 23 heavy (non-hydrogen) atoms. The van der Waals surface area contributed by atoms with Gasteiger partial charge in [0.1, 0.15) is 10.8 Å². The molecule has 0 fully saturated rings. The second-order valence-corrected chi connectivity index (χ2v) is 5.85. The fraction of sp³-hybridized carbons (Fsp3) is 0.118. The summed E-state index contributed by atoms with van der Waals surface area (Å²) in [6.45, 7) is 1.95. The molecule has 3 aromatic rings. The van der Waals surface area contributed by atoms with E-state index in [1.54, 1.807) is 12.1 Å². The number of benzene rings is 2. The van der Waals surface area contributed by atoms with Crippen LogP contribution in [0, 0.1) is 6.92 Å². The Labute approximate surface area is 138 Å². The lowest BCUT2D eigenvalue weighted by Crippen LogP contribution is -2.20. The lowest BCUT2D eigenvalue weighted by atomic mass is 10.1. The summed E-state index contributed by atoms with van der Waals surface area (Å²) in [5.74, 6) is 0.391. The molecule has 1 heterocycles. The van der Waals surface area contributed by atoms with Gasteiger partial charge in [0.2, 0.25) is 5.13 Å². The van der Waals surface area contributed by atoms with Crippen LogP contribution in [0.5, 0.6) is 5.75 Å². The zero-order chi connectivity index (χ0) is 16.1. The van der Waals surface area contributed by atoms with E-state index in [1.165, 1.54) is 11.3 Å². The fourth-order valence-corrected chi connectivity index (χ4v) is 2.87. The molecule has 0 saturated carbocycles. The van der Waals surface area contributed by atoms with Crippen molar-refractivity contribution in [1.29, 1.82) is 0 Å². The summed E-state index contributed by atoms with van der Waals surface area (Å²) in [7, 11) is 0. The van der Waals surface area contributed by atoms with Gasteiger partial charge in [0.05, 0.1) is 0 Å². The highest BCUT2D eigenvalue weighted by molar-refractivity contribution is 7.18. The highest BCUT2D eigenvalue weighted by atomic mass is 32.1. The van der Waals surface area contributed by atoms with E-state index in [-0.39, 0.29) is 12.5 Å². The quantitative estimate of drug-likeness (QED) is 0.779. The van der Waals surface area contributed by atoms with Crippen LogP contribution in [0.1, 0.15) is 5.56 Å². The Morgan fingerprint density at radius 3 is 2.61 bits per heavy atom. The lowest BCUT2D eigenvalue weighted by molar-refractivity contribution is -0.118. The summed E-state index contributed by atoms with van der Waals surface area (Å²) in [4.78, 5) is 11.9. The molecule has 1 aromatic heterocycles. The minimum atomic E-state index is -0.263. The Morgan fingerprint density at radius 2 is 1.83 bits per heavy atom. The van der Waals surface area contributed by atoms with Crippen LogP contribution in [-0.4, -0.2) is 22.7 Å². The number of rotatable bonds is 5. The maximum atomic E-state index is 11.9. The smallest absolute Gasteiger partial charge is 0.264 e. The Kier molecular flexibility index (Phi) is 4.63. The Balaban J connectivity index is 1.61. The summed E-state index contributed by atoms with van der Waals surface area (Å²) in [5.41, 5.74) is 2.14. The van der Waals surface area contributed by atoms with E-state index in [0.717, 1.165) is 16.1 Å². The van der Waals surface area contributed by atoms with Gasteiger partial charge in [0.15, 0.2) is 6.61 Å². The summed E-state index contributed by atoms with van der Waals surface area (Å²) in [6.07, 6.45) is 0. The SMILES string of the molecule is Cc1ccccc1-c1nnc(NC(=O)COc2ccccc2)s1. The number of aryl methyl sites for hydroxylation is 1. The van der Waals surface area contributed by atoms with Crippen molar-refractivity contribution in [3.05, 3.63) is 60.2 Å². The zero-order valence-electron chi connectivity index (χ0n) is 12.5. The minimum absolute atomic E-state index is 0.0662. The van der Waals surface area contributed by atoms with Crippen molar-refractivity contribution in [3.63, 3.8) is 0 Å². The standard InChI is InChI=1S/C17H15N3O2S/c1-12-7-5-6-10-14(12)16-19-20-17(23-16)18-15(21)11-22-13-8-3-2-4-9-13/h2-10H,11H2,1H3,(H,18,20,21). The minimum Gasteiger partial charge on any atom is -0.484 e. The molecule has 0 spiro atoms. The van der Waals surface area contributed by atoms with Crippen molar-refractivity contribution in [2.24, 2.45) is 0 Å². The maximum absolute atomic E-state index is 11.9. The predicted molar refractivity (Wildman–Crippen MR) is 90.6 cm³/mol. The van der Waals surface area contributed by atoms with Gasteiger partial charge in [0, 0.05) is 5.56 Å². The van der Waals surface area contributed by atoms with E-state index in [1.807, 2.05) is 49.4 Å². The van der Waals surface area contributed by atoms with Crippen molar-refractivity contribution in [3.8, 4) is 16.3 Å². The molecule has 3 rings (SSSR count). The van der Waals surface area contributed by atoms with Crippen molar-refractivity contribution >= 4 is 22.4 Å². The van der Waals surface area contributed by atoms with Gasteiger partial charge in [-0.25, -0.2) is 0 Å². The van der Waals surface area contributed by atoms with Crippen molar-refractivity contribution in [2.45, 2.75) is 6.92 Å². The van der Waals surface area contributed by atoms with Gasteiger partial charge in [0.25, 0.3) is 5.91 Å². The van der Waals surface area contributed by atoms with E-state index in [4.69, 9.17) is 4.74 Å². The molecule has 0 bridgehead atoms. The molecule has 0 aliphatic heterocycles. The van der Waals surface area contributed by atoms with Gasteiger partial charge >= 0.3 is 0 Å². The van der Waals surface area contributed by atoms with E-state index in [2.05, 4.69) is 15.5 Å². The summed E-state index contributed by atoms with van der Waals surface area (Å²) in [5, 5.41) is 12.1. The van der Waals surface area contributed by atoms with E-state index >= 15 is 0 Å². The number of carbonyl (C=O) groups excluding carboxylic acids is 1. The summed E-state index contributed by atoms with van der Waals surface area (Å²) < 4.78 is 5.39. The molecular weight excluding hydrogens is 310 g/mol. The maximum Gasteiger partial charge on any atom is 0.264 e. The molecule has 0 radical (unpaired) electrons.